The molecule has 1 unspecified atom stereocenters. The molecule has 1 atom stereocenters. The maximum absolute atomic E-state index is 12.6. The van der Waals surface area contributed by atoms with E-state index in [2.05, 4.69) is 11.0 Å². The van der Waals surface area contributed by atoms with Crippen molar-refractivity contribution in [3.63, 3.8) is 0 Å². The second-order valence-electron chi connectivity index (χ2n) is 6.38. The number of aliphatic hydroxyl groups excluding tert-OH is 1. The Balaban J connectivity index is 1.54. The number of hydrogen-bond acceptors (Lipinski definition) is 4. The molecule has 1 aromatic carbocycles. The molecule has 124 valence electrons. The zero-order valence-electron chi connectivity index (χ0n) is 13.1. The highest BCUT2D eigenvalue weighted by Crippen LogP contribution is 2.28. The number of likely N-dealkylation sites (tertiary alicyclic amines) is 1. The van der Waals surface area contributed by atoms with Crippen LogP contribution in [0.2, 0.25) is 0 Å². The van der Waals surface area contributed by atoms with Gasteiger partial charge in [0, 0.05) is 12.2 Å². The zero-order chi connectivity index (χ0) is 16.4. The number of carbonyl (C=O) groups is 2. The minimum atomic E-state index is -1.07. The van der Waals surface area contributed by atoms with Crippen LogP contribution in [0.15, 0.2) is 24.3 Å². The van der Waals surface area contributed by atoms with Crippen LogP contribution in [0, 0.1) is 5.92 Å². The van der Waals surface area contributed by atoms with Crippen LogP contribution in [0.25, 0.3) is 0 Å². The van der Waals surface area contributed by atoms with Gasteiger partial charge in [-0.15, -0.1) is 0 Å². The molecule has 1 fully saturated rings. The van der Waals surface area contributed by atoms with Gasteiger partial charge in [-0.3, -0.25) is 14.5 Å². The van der Waals surface area contributed by atoms with Gasteiger partial charge in [-0.1, -0.05) is 18.2 Å². The molecule has 0 radical (unpaired) electrons. The number of hydrogen-bond donors (Lipinski definition) is 2. The first kappa shape index (κ1) is 16.0. The van der Waals surface area contributed by atoms with Crippen molar-refractivity contribution < 1.29 is 14.7 Å². The van der Waals surface area contributed by atoms with Crippen LogP contribution in [0.3, 0.4) is 0 Å². The van der Waals surface area contributed by atoms with Crippen molar-refractivity contribution in [3.8, 4) is 0 Å². The van der Waals surface area contributed by atoms with Gasteiger partial charge >= 0.3 is 0 Å². The molecule has 0 aliphatic carbocycles. The number of nitrogens with zero attached hydrogens (tertiary/aromatic N) is 2. The molecule has 23 heavy (non-hydrogen) atoms. The predicted octanol–water partition coefficient (Wildman–Crippen LogP) is 0.134. The predicted molar refractivity (Wildman–Crippen MR) is 86.9 cm³/mol. The Hall–Kier alpha value is -1.92. The van der Waals surface area contributed by atoms with Gasteiger partial charge in [0.25, 0.3) is 0 Å². The molecular weight excluding hydrogens is 294 g/mol. The van der Waals surface area contributed by atoms with Gasteiger partial charge in [0.2, 0.25) is 11.8 Å². The van der Waals surface area contributed by atoms with E-state index >= 15 is 0 Å². The van der Waals surface area contributed by atoms with Crippen LogP contribution in [-0.2, 0) is 16.0 Å². The van der Waals surface area contributed by atoms with Crippen molar-refractivity contribution in [2.75, 3.05) is 31.1 Å². The Labute approximate surface area is 135 Å². The molecule has 1 aromatic rings. The van der Waals surface area contributed by atoms with Gasteiger partial charge < -0.3 is 15.7 Å². The third-order valence-electron chi connectivity index (χ3n) is 4.92. The first-order chi connectivity index (χ1) is 11.1. The van der Waals surface area contributed by atoms with E-state index in [0.29, 0.717) is 32.5 Å². The van der Waals surface area contributed by atoms with E-state index in [9.17, 15) is 14.7 Å². The Bertz CT molecular complexity index is 597. The fraction of sp³-hybridized carbons (Fsp3) is 0.529. The van der Waals surface area contributed by atoms with E-state index in [-0.39, 0.29) is 11.8 Å². The summed E-state index contributed by atoms with van der Waals surface area (Å²) in [5.41, 5.74) is 7.40. The number of rotatable bonds is 4. The van der Waals surface area contributed by atoms with Crippen molar-refractivity contribution in [2.45, 2.75) is 25.4 Å². The number of primary amides is 1. The number of nitrogens with two attached hydrogens (primary N) is 1. The maximum atomic E-state index is 12.6. The van der Waals surface area contributed by atoms with E-state index in [1.54, 1.807) is 0 Å². The molecule has 3 N–H and O–H groups in total. The number of carbonyl (C=O) groups excluding carboxylic acids is 2. The second-order valence-corrected chi connectivity index (χ2v) is 6.38. The van der Waals surface area contributed by atoms with Crippen LogP contribution in [0.4, 0.5) is 5.69 Å². The molecule has 0 saturated carbocycles. The Morgan fingerprint density at radius 2 is 1.91 bits per heavy atom. The summed E-state index contributed by atoms with van der Waals surface area (Å²) in [5, 5.41) is 9.73. The van der Waals surface area contributed by atoms with Crippen molar-refractivity contribution >= 4 is 17.5 Å². The van der Waals surface area contributed by atoms with E-state index in [1.807, 2.05) is 23.1 Å². The van der Waals surface area contributed by atoms with E-state index < -0.39 is 12.0 Å². The van der Waals surface area contributed by atoms with Crippen LogP contribution in [0.1, 0.15) is 18.4 Å². The first-order valence-corrected chi connectivity index (χ1v) is 8.14. The smallest absolute Gasteiger partial charge is 0.246 e. The highest BCUT2D eigenvalue weighted by Gasteiger charge is 2.31. The molecule has 3 rings (SSSR count). The second kappa shape index (κ2) is 6.68. The average molecular weight is 317 g/mol. The lowest BCUT2D eigenvalue weighted by Gasteiger charge is -2.33. The summed E-state index contributed by atoms with van der Waals surface area (Å²) in [6, 6.07) is 8.03. The number of benzene rings is 1. The SMILES string of the molecule is NC(=O)C(O)C1CCN(CC(=O)N2CCc3ccccc32)CC1. The molecule has 6 heteroatoms. The van der Waals surface area contributed by atoms with Crippen LogP contribution >= 0.6 is 0 Å². The zero-order valence-corrected chi connectivity index (χ0v) is 13.1. The van der Waals surface area contributed by atoms with Crippen molar-refractivity contribution in [2.24, 2.45) is 11.7 Å². The summed E-state index contributed by atoms with van der Waals surface area (Å²) < 4.78 is 0. The Morgan fingerprint density at radius 1 is 1.22 bits per heavy atom. The van der Waals surface area contributed by atoms with Gasteiger partial charge in [0.05, 0.1) is 6.54 Å². The summed E-state index contributed by atoms with van der Waals surface area (Å²) in [5.74, 6) is -0.636. The summed E-state index contributed by atoms with van der Waals surface area (Å²) >= 11 is 0. The van der Waals surface area contributed by atoms with Crippen molar-refractivity contribution in [1.29, 1.82) is 0 Å². The number of para-hydroxylation sites is 1. The Kier molecular flexibility index (Phi) is 4.63. The van der Waals surface area contributed by atoms with E-state index in [1.165, 1.54) is 5.56 Å². The summed E-state index contributed by atoms with van der Waals surface area (Å²) in [6.07, 6.45) is 1.22. The lowest BCUT2D eigenvalue weighted by atomic mass is 9.91. The fourth-order valence-electron chi connectivity index (χ4n) is 3.53. The molecule has 2 aliphatic rings. The Morgan fingerprint density at radius 3 is 2.61 bits per heavy atom. The number of piperidine rings is 1. The summed E-state index contributed by atoms with van der Waals surface area (Å²) in [4.78, 5) is 27.6. The van der Waals surface area contributed by atoms with Gasteiger partial charge in [-0.25, -0.2) is 0 Å². The topological polar surface area (TPSA) is 86.9 Å². The molecule has 0 aromatic heterocycles. The van der Waals surface area contributed by atoms with Gasteiger partial charge in [-0.05, 0) is 49.9 Å². The maximum Gasteiger partial charge on any atom is 0.246 e. The molecular formula is C17H23N3O3. The molecule has 0 spiro atoms. The molecule has 2 amide bonds. The molecule has 2 aliphatic heterocycles. The van der Waals surface area contributed by atoms with Crippen molar-refractivity contribution in [1.82, 2.24) is 4.90 Å². The molecule has 1 saturated heterocycles. The molecule has 6 nitrogen and oxygen atoms in total. The summed E-state index contributed by atoms with van der Waals surface area (Å²) in [7, 11) is 0. The standard InChI is InChI=1S/C17H23N3O3/c18-17(23)16(22)13-5-8-19(9-6-13)11-15(21)20-10-7-12-3-1-2-4-14(12)20/h1-4,13,16,22H,5-11H2,(H2,18,23). The van der Waals surface area contributed by atoms with Crippen molar-refractivity contribution in [3.05, 3.63) is 29.8 Å². The fourth-order valence-corrected chi connectivity index (χ4v) is 3.53. The number of aliphatic hydroxyl groups is 1. The average Bonchev–Trinajstić information content (AvgIpc) is 2.99. The third kappa shape index (κ3) is 3.38. The lowest BCUT2D eigenvalue weighted by Crippen LogP contribution is -2.46. The first-order valence-electron chi connectivity index (χ1n) is 8.14. The van der Waals surface area contributed by atoms with Crippen LogP contribution in [-0.4, -0.2) is 54.1 Å². The number of amides is 2. The third-order valence-corrected chi connectivity index (χ3v) is 4.92. The van der Waals surface area contributed by atoms with E-state index in [4.69, 9.17) is 5.73 Å². The molecule has 2 heterocycles. The quantitative estimate of drug-likeness (QED) is 0.827. The van der Waals surface area contributed by atoms with Gasteiger partial charge in [-0.2, -0.15) is 0 Å². The minimum Gasteiger partial charge on any atom is -0.383 e. The highest BCUT2D eigenvalue weighted by molar-refractivity contribution is 5.96. The minimum absolute atomic E-state index is 0.0913. The van der Waals surface area contributed by atoms with Gasteiger partial charge in [0.15, 0.2) is 0 Å². The summed E-state index contributed by atoms with van der Waals surface area (Å²) in [6.45, 7) is 2.54. The molecule has 0 bridgehead atoms. The lowest BCUT2D eigenvalue weighted by molar-refractivity contribution is -0.130. The number of anilines is 1. The van der Waals surface area contributed by atoms with E-state index in [0.717, 1.165) is 18.7 Å². The van der Waals surface area contributed by atoms with Crippen LogP contribution < -0.4 is 10.6 Å². The normalized spacial score (nSPS) is 20.3. The number of fused-ring (bicyclic) bond motifs is 1. The largest absolute Gasteiger partial charge is 0.383 e. The van der Waals surface area contributed by atoms with Crippen LogP contribution in [0.5, 0.6) is 0 Å². The highest BCUT2D eigenvalue weighted by atomic mass is 16.3. The monoisotopic (exact) mass is 317 g/mol. The van der Waals surface area contributed by atoms with Gasteiger partial charge in [0.1, 0.15) is 6.10 Å².